The van der Waals surface area contributed by atoms with E-state index in [0.29, 0.717) is 25.6 Å². The maximum atomic E-state index is 11.8. The summed E-state index contributed by atoms with van der Waals surface area (Å²) in [6.07, 6.45) is 3.20. The van der Waals surface area contributed by atoms with Gasteiger partial charge in [-0.1, -0.05) is 18.2 Å². The van der Waals surface area contributed by atoms with Crippen LogP contribution in [0.25, 0.3) is 0 Å². The maximum Gasteiger partial charge on any atom is 0.409 e. The summed E-state index contributed by atoms with van der Waals surface area (Å²) < 4.78 is 5.05. The molecule has 1 aliphatic heterocycles. The summed E-state index contributed by atoms with van der Waals surface area (Å²) >= 11 is 0. The fourth-order valence-corrected chi connectivity index (χ4v) is 2.95. The van der Waals surface area contributed by atoms with Crippen molar-refractivity contribution < 1.29 is 9.53 Å². The normalized spacial score (nSPS) is 14.8. The molecule has 3 rings (SSSR count). The first-order valence-electron chi connectivity index (χ1n) is 8.99. The molecule has 2 heterocycles. The minimum atomic E-state index is -0.230. The molecule has 26 heavy (non-hydrogen) atoms. The van der Waals surface area contributed by atoms with Crippen LogP contribution in [0, 0.1) is 6.92 Å². The number of piperidine rings is 1. The van der Waals surface area contributed by atoms with Crippen LogP contribution in [0.3, 0.4) is 0 Å². The average molecular weight is 355 g/mol. The summed E-state index contributed by atoms with van der Waals surface area (Å²) in [7, 11) is 0. The number of anilines is 3. The van der Waals surface area contributed by atoms with Gasteiger partial charge in [-0.3, -0.25) is 0 Å². The Labute approximate surface area is 153 Å². The van der Waals surface area contributed by atoms with Gasteiger partial charge in [0, 0.05) is 31.0 Å². The second kappa shape index (κ2) is 8.51. The van der Waals surface area contributed by atoms with Crippen molar-refractivity contribution in [2.75, 3.05) is 30.3 Å². The zero-order valence-electron chi connectivity index (χ0n) is 15.2. The highest BCUT2D eigenvalue weighted by Crippen LogP contribution is 2.20. The molecule has 7 nitrogen and oxygen atoms in total. The number of benzene rings is 1. The number of carbonyl (C=O) groups is 1. The first-order valence-corrected chi connectivity index (χ1v) is 8.99. The topological polar surface area (TPSA) is 79.4 Å². The van der Waals surface area contributed by atoms with Crippen molar-refractivity contribution in [2.45, 2.75) is 32.7 Å². The van der Waals surface area contributed by atoms with Gasteiger partial charge in [0.1, 0.15) is 5.82 Å². The van der Waals surface area contributed by atoms with Crippen LogP contribution in [-0.2, 0) is 4.74 Å². The molecule has 1 aliphatic rings. The molecule has 0 saturated carbocycles. The highest BCUT2D eigenvalue weighted by molar-refractivity contribution is 5.67. The zero-order chi connectivity index (χ0) is 18.4. The number of hydrogen-bond acceptors (Lipinski definition) is 6. The molecule has 7 heteroatoms. The van der Waals surface area contributed by atoms with Gasteiger partial charge in [-0.15, -0.1) is 0 Å². The van der Waals surface area contributed by atoms with Crippen LogP contribution >= 0.6 is 0 Å². The molecule has 1 saturated heterocycles. The second-order valence-electron chi connectivity index (χ2n) is 6.31. The Hall–Kier alpha value is -2.83. The van der Waals surface area contributed by atoms with Gasteiger partial charge in [0.2, 0.25) is 5.95 Å². The number of likely N-dealkylation sites (tertiary alicyclic amines) is 1. The van der Waals surface area contributed by atoms with Gasteiger partial charge < -0.3 is 20.3 Å². The van der Waals surface area contributed by atoms with Crippen molar-refractivity contribution in [1.82, 2.24) is 14.9 Å². The lowest BCUT2D eigenvalue weighted by Gasteiger charge is -2.31. The molecule has 1 aromatic carbocycles. The van der Waals surface area contributed by atoms with E-state index in [9.17, 15) is 4.79 Å². The van der Waals surface area contributed by atoms with Gasteiger partial charge in [-0.2, -0.15) is 4.98 Å². The van der Waals surface area contributed by atoms with Crippen molar-refractivity contribution in [2.24, 2.45) is 0 Å². The van der Waals surface area contributed by atoms with Gasteiger partial charge in [-0.05, 0) is 44.4 Å². The fourth-order valence-electron chi connectivity index (χ4n) is 2.95. The molecule has 0 bridgehead atoms. The monoisotopic (exact) mass is 355 g/mol. The average Bonchev–Trinajstić information content (AvgIpc) is 2.65. The number of nitrogens with zero attached hydrogens (tertiary/aromatic N) is 3. The van der Waals surface area contributed by atoms with Gasteiger partial charge in [-0.25, -0.2) is 9.78 Å². The predicted octanol–water partition coefficient (Wildman–Crippen LogP) is 3.56. The van der Waals surface area contributed by atoms with Gasteiger partial charge >= 0.3 is 6.09 Å². The summed E-state index contributed by atoms with van der Waals surface area (Å²) in [6, 6.07) is 10.2. The number of aromatic nitrogens is 2. The Morgan fingerprint density at radius 3 is 2.77 bits per heavy atom. The molecule has 2 aromatic rings. The lowest BCUT2D eigenvalue weighted by molar-refractivity contribution is 0.0983. The van der Waals surface area contributed by atoms with Crippen molar-refractivity contribution in [1.29, 1.82) is 0 Å². The van der Waals surface area contributed by atoms with E-state index in [-0.39, 0.29) is 12.1 Å². The summed E-state index contributed by atoms with van der Waals surface area (Å²) in [4.78, 5) is 22.4. The lowest BCUT2D eigenvalue weighted by atomic mass is 10.1. The Morgan fingerprint density at radius 2 is 2.04 bits per heavy atom. The number of nitrogens with one attached hydrogen (secondary N) is 2. The number of para-hydroxylation sites is 1. The minimum Gasteiger partial charge on any atom is -0.450 e. The van der Waals surface area contributed by atoms with E-state index in [1.165, 1.54) is 0 Å². The van der Waals surface area contributed by atoms with Crippen molar-refractivity contribution in [3.63, 3.8) is 0 Å². The van der Waals surface area contributed by atoms with E-state index in [4.69, 9.17) is 4.74 Å². The molecule has 2 N–H and O–H groups in total. The summed E-state index contributed by atoms with van der Waals surface area (Å²) in [6.45, 7) is 5.64. The molecule has 1 fully saturated rings. The number of rotatable bonds is 5. The largest absolute Gasteiger partial charge is 0.450 e. The molecule has 0 spiro atoms. The SMILES string of the molecule is CCOC(=O)N1CCC(Nc2nccc(Nc3ccccc3C)n2)CC1. The molecular weight excluding hydrogens is 330 g/mol. The number of aryl methyl sites for hydroxylation is 1. The fraction of sp³-hybridized carbons (Fsp3) is 0.421. The van der Waals surface area contributed by atoms with Crippen LogP contribution < -0.4 is 10.6 Å². The van der Waals surface area contributed by atoms with Gasteiger partial charge in [0.25, 0.3) is 0 Å². The van der Waals surface area contributed by atoms with E-state index in [1.54, 1.807) is 11.1 Å². The smallest absolute Gasteiger partial charge is 0.409 e. The lowest BCUT2D eigenvalue weighted by Crippen LogP contribution is -2.42. The number of ether oxygens (including phenoxy) is 1. The first kappa shape index (κ1) is 18.0. The van der Waals surface area contributed by atoms with E-state index in [0.717, 1.165) is 29.9 Å². The Morgan fingerprint density at radius 1 is 1.27 bits per heavy atom. The van der Waals surface area contributed by atoms with E-state index < -0.39 is 0 Å². The Kier molecular flexibility index (Phi) is 5.88. The summed E-state index contributed by atoms with van der Waals surface area (Å²) in [5, 5.41) is 6.70. The van der Waals surface area contributed by atoms with Gasteiger partial charge in [0.05, 0.1) is 6.61 Å². The van der Waals surface area contributed by atoms with Crippen molar-refractivity contribution in [3.05, 3.63) is 42.1 Å². The standard InChI is InChI=1S/C19H25N5O2/c1-3-26-19(25)24-12-9-15(10-13-24)21-18-20-11-8-17(23-18)22-16-7-5-4-6-14(16)2/h4-8,11,15H,3,9-10,12-13H2,1-2H3,(H2,20,21,22,23). The van der Waals surface area contributed by atoms with Crippen LogP contribution in [0.2, 0.25) is 0 Å². The summed E-state index contributed by atoms with van der Waals surface area (Å²) in [5.74, 6) is 1.35. The summed E-state index contributed by atoms with van der Waals surface area (Å²) in [5.41, 5.74) is 2.19. The third-order valence-electron chi connectivity index (χ3n) is 4.42. The number of carbonyl (C=O) groups excluding carboxylic acids is 1. The Balaban J connectivity index is 1.56. The van der Waals surface area contributed by atoms with Crippen LogP contribution in [0.5, 0.6) is 0 Å². The minimum absolute atomic E-state index is 0.230. The molecule has 138 valence electrons. The van der Waals surface area contributed by atoms with Crippen molar-refractivity contribution >= 4 is 23.5 Å². The molecule has 0 aliphatic carbocycles. The van der Waals surface area contributed by atoms with Gasteiger partial charge in [0.15, 0.2) is 0 Å². The van der Waals surface area contributed by atoms with E-state index >= 15 is 0 Å². The van der Waals surface area contributed by atoms with Crippen LogP contribution in [0.4, 0.5) is 22.2 Å². The molecular formula is C19H25N5O2. The van der Waals surface area contributed by atoms with E-state index in [1.807, 2.05) is 31.2 Å². The molecule has 1 amide bonds. The molecule has 0 atom stereocenters. The third-order valence-corrected chi connectivity index (χ3v) is 4.42. The number of hydrogen-bond donors (Lipinski definition) is 2. The highest BCUT2D eigenvalue weighted by atomic mass is 16.6. The van der Waals surface area contributed by atoms with Crippen molar-refractivity contribution in [3.8, 4) is 0 Å². The third kappa shape index (κ3) is 4.62. The van der Waals surface area contributed by atoms with Crippen LogP contribution in [-0.4, -0.2) is 46.7 Å². The second-order valence-corrected chi connectivity index (χ2v) is 6.31. The Bertz CT molecular complexity index is 744. The zero-order valence-corrected chi connectivity index (χ0v) is 15.2. The quantitative estimate of drug-likeness (QED) is 0.854. The molecule has 1 aromatic heterocycles. The molecule has 0 radical (unpaired) electrons. The highest BCUT2D eigenvalue weighted by Gasteiger charge is 2.23. The number of amides is 1. The van der Waals surface area contributed by atoms with E-state index in [2.05, 4.69) is 33.6 Å². The van der Waals surface area contributed by atoms with Crippen LogP contribution in [0.1, 0.15) is 25.3 Å². The predicted molar refractivity (Wildman–Crippen MR) is 102 cm³/mol. The van der Waals surface area contributed by atoms with Crippen LogP contribution in [0.15, 0.2) is 36.5 Å². The molecule has 0 unspecified atom stereocenters. The maximum absolute atomic E-state index is 11.8. The first-order chi connectivity index (χ1) is 12.7.